The standard InChI is InChI=1S/C17H22N2O/c1-4-13-8-10-14(11-9-13)16(18-5-2)15-7-6-12-19-17(15)20-3/h6-12,16,18H,4-5H2,1-3H3. The molecule has 2 rings (SSSR count). The summed E-state index contributed by atoms with van der Waals surface area (Å²) in [5.74, 6) is 0.679. The third-order valence-corrected chi connectivity index (χ3v) is 3.43. The lowest BCUT2D eigenvalue weighted by Crippen LogP contribution is -2.22. The molecule has 1 atom stereocenters. The van der Waals surface area contributed by atoms with Gasteiger partial charge in [0.05, 0.1) is 13.2 Å². The zero-order chi connectivity index (χ0) is 14.4. The van der Waals surface area contributed by atoms with Crippen LogP contribution in [0.2, 0.25) is 0 Å². The molecule has 1 heterocycles. The van der Waals surface area contributed by atoms with Crippen LogP contribution in [0.25, 0.3) is 0 Å². The van der Waals surface area contributed by atoms with Crippen LogP contribution in [-0.2, 0) is 6.42 Å². The first-order chi connectivity index (χ1) is 9.80. The maximum atomic E-state index is 5.39. The fourth-order valence-corrected chi connectivity index (χ4v) is 2.35. The molecule has 3 nitrogen and oxygen atoms in total. The van der Waals surface area contributed by atoms with Crippen LogP contribution < -0.4 is 10.1 Å². The van der Waals surface area contributed by atoms with E-state index in [0.717, 1.165) is 18.5 Å². The Hall–Kier alpha value is -1.87. The van der Waals surface area contributed by atoms with Gasteiger partial charge in [0.2, 0.25) is 5.88 Å². The lowest BCUT2D eigenvalue weighted by atomic mass is 9.98. The van der Waals surface area contributed by atoms with Gasteiger partial charge in [-0.1, -0.05) is 44.2 Å². The van der Waals surface area contributed by atoms with Crippen molar-refractivity contribution in [2.75, 3.05) is 13.7 Å². The molecule has 0 saturated carbocycles. The Balaban J connectivity index is 2.39. The van der Waals surface area contributed by atoms with Crippen molar-refractivity contribution in [1.82, 2.24) is 10.3 Å². The van der Waals surface area contributed by atoms with Crippen molar-refractivity contribution in [3.63, 3.8) is 0 Å². The van der Waals surface area contributed by atoms with Crippen molar-refractivity contribution in [3.8, 4) is 5.88 Å². The first-order valence-corrected chi connectivity index (χ1v) is 7.11. The molecule has 20 heavy (non-hydrogen) atoms. The molecule has 0 radical (unpaired) electrons. The van der Waals surface area contributed by atoms with E-state index < -0.39 is 0 Å². The zero-order valence-corrected chi connectivity index (χ0v) is 12.4. The first kappa shape index (κ1) is 14.5. The van der Waals surface area contributed by atoms with Crippen molar-refractivity contribution in [2.45, 2.75) is 26.3 Å². The minimum Gasteiger partial charge on any atom is -0.481 e. The van der Waals surface area contributed by atoms with Crippen LogP contribution >= 0.6 is 0 Å². The normalized spacial score (nSPS) is 12.2. The Bertz CT molecular complexity index is 537. The molecular weight excluding hydrogens is 248 g/mol. The van der Waals surface area contributed by atoms with E-state index in [1.54, 1.807) is 13.3 Å². The topological polar surface area (TPSA) is 34.2 Å². The smallest absolute Gasteiger partial charge is 0.218 e. The van der Waals surface area contributed by atoms with E-state index >= 15 is 0 Å². The summed E-state index contributed by atoms with van der Waals surface area (Å²) >= 11 is 0. The average molecular weight is 270 g/mol. The number of rotatable bonds is 6. The highest BCUT2D eigenvalue weighted by Crippen LogP contribution is 2.28. The summed E-state index contributed by atoms with van der Waals surface area (Å²) < 4.78 is 5.39. The van der Waals surface area contributed by atoms with Crippen molar-refractivity contribution >= 4 is 0 Å². The molecule has 1 N–H and O–H groups in total. The monoisotopic (exact) mass is 270 g/mol. The molecule has 106 valence electrons. The van der Waals surface area contributed by atoms with E-state index in [0.29, 0.717) is 5.88 Å². The first-order valence-electron chi connectivity index (χ1n) is 7.11. The summed E-state index contributed by atoms with van der Waals surface area (Å²) in [4.78, 5) is 4.30. The summed E-state index contributed by atoms with van der Waals surface area (Å²) in [6.45, 7) is 5.16. The number of ether oxygens (including phenoxy) is 1. The number of hydrogen-bond donors (Lipinski definition) is 1. The average Bonchev–Trinajstić information content (AvgIpc) is 2.53. The number of aryl methyl sites for hydroxylation is 1. The maximum absolute atomic E-state index is 5.39. The second kappa shape index (κ2) is 7.06. The summed E-state index contributed by atoms with van der Waals surface area (Å²) in [5, 5.41) is 3.51. The van der Waals surface area contributed by atoms with Crippen LogP contribution in [0.4, 0.5) is 0 Å². The van der Waals surface area contributed by atoms with Crippen LogP contribution in [0.5, 0.6) is 5.88 Å². The Morgan fingerprint density at radius 2 is 1.90 bits per heavy atom. The second-order valence-corrected chi connectivity index (χ2v) is 4.69. The molecule has 0 aliphatic rings. The van der Waals surface area contributed by atoms with Crippen LogP contribution in [0, 0.1) is 0 Å². The van der Waals surface area contributed by atoms with Gasteiger partial charge in [0, 0.05) is 11.8 Å². The van der Waals surface area contributed by atoms with E-state index in [1.165, 1.54) is 11.1 Å². The van der Waals surface area contributed by atoms with E-state index in [4.69, 9.17) is 4.74 Å². The molecule has 3 heteroatoms. The van der Waals surface area contributed by atoms with Gasteiger partial charge in [-0.15, -0.1) is 0 Å². The molecule has 0 amide bonds. The molecule has 2 aromatic rings. The zero-order valence-electron chi connectivity index (χ0n) is 12.4. The molecule has 0 bridgehead atoms. The molecular formula is C17H22N2O. The predicted octanol–water partition coefficient (Wildman–Crippen LogP) is 3.35. The van der Waals surface area contributed by atoms with Crippen LogP contribution in [0.1, 0.15) is 36.6 Å². The number of nitrogens with zero attached hydrogens (tertiary/aromatic N) is 1. The Kier molecular flexibility index (Phi) is 5.13. The molecule has 0 aliphatic carbocycles. The van der Waals surface area contributed by atoms with E-state index in [9.17, 15) is 0 Å². The third-order valence-electron chi connectivity index (χ3n) is 3.43. The number of methoxy groups -OCH3 is 1. The number of pyridine rings is 1. The minimum atomic E-state index is 0.106. The van der Waals surface area contributed by atoms with Crippen molar-refractivity contribution in [2.24, 2.45) is 0 Å². The number of nitrogens with one attached hydrogen (secondary N) is 1. The molecule has 1 unspecified atom stereocenters. The van der Waals surface area contributed by atoms with Gasteiger partial charge < -0.3 is 10.1 Å². The largest absolute Gasteiger partial charge is 0.481 e. The van der Waals surface area contributed by atoms with Crippen LogP contribution in [0.15, 0.2) is 42.6 Å². The predicted molar refractivity (Wildman–Crippen MR) is 82.1 cm³/mol. The Morgan fingerprint density at radius 1 is 1.15 bits per heavy atom. The minimum absolute atomic E-state index is 0.106. The highest BCUT2D eigenvalue weighted by molar-refractivity contribution is 5.38. The summed E-state index contributed by atoms with van der Waals surface area (Å²) in [6.07, 6.45) is 2.81. The summed E-state index contributed by atoms with van der Waals surface area (Å²) in [6, 6.07) is 12.8. The van der Waals surface area contributed by atoms with Gasteiger partial charge in [0.1, 0.15) is 0 Å². The number of aromatic nitrogens is 1. The van der Waals surface area contributed by atoms with Gasteiger partial charge in [0.15, 0.2) is 0 Å². The van der Waals surface area contributed by atoms with Gasteiger partial charge in [-0.05, 0) is 30.2 Å². The molecule has 1 aromatic heterocycles. The Labute approximate surface area is 121 Å². The third kappa shape index (κ3) is 3.17. The fourth-order valence-electron chi connectivity index (χ4n) is 2.35. The van der Waals surface area contributed by atoms with Crippen molar-refractivity contribution in [1.29, 1.82) is 0 Å². The number of benzene rings is 1. The molecule has 0 spiro atoms. The quantitative estimate of drug-likeness (QED) is 0.874. The van der Waals surface area contributed by atoms with Crippen LogP contribution in [0.3, 0.4) is 0 Å². The van der Waals surface area contributed by atoms with E-state index in [2.05, 4.69) is 54.5 Å². The van der Waals surface area contributed by atoms with Crippen LogP contribution in [-0.4, -0.2) is 18.6 Å². The van der Waals surface area contributed by atoms with E-state index in [-0.39, 0.29) is 6.04 Å². The Morgan fingerprint density at radius 3 is 2.50 bits per heavy atom. The lowest BCUT2D eigenvalue weighted by molar-refractivity contribution is 0.387. The summed E-state index contributed by atoms with van der Waals surface area (Å²) in [5.41, 5.74) is 3.65. The van der Waals surface area contributed by atoms with Gasteiger partial charge in [-0.2, -0.15) is 0 Å². The van der Waals surface area contributed by atoms with Crippen molar-refractivity contribution < 1.29 is 4.74 Å². The second-order valence-electron chi connectivity index (χ2n) is 4.69. The molecule has 0 aliphatic heterocycles. The fraction of sp³-hybridized carbons (Fsp3) is 0.353. The SMILES string of the molecule is CCNC(c1ccc(CC)cc1)c1cccnc1OC. The van der Waals surface area contributed by atoms with Gasteiger partial charge in [0.25, 0.3) is 0 Å². The maximum Gasteiger partial charge on any atom is 0.218 e. The van der Waals surface area contributed by atoms with Crippen molar-refractivity contribution in [3.05, 3.63) is 59.3 Å². The molecule has 0 saturated heterocycles. The lowest BCUT2D eigenvalue weighted by Gasteiger charge is -2.20. The molecule has 1 aromatic carbocycles. The summed E-state index contributed by atoms with van der Waals surface area (Å²) in [7, 11) is 1.66. The van der Waals surface area contributed by atoms with Gasteiger partial charge in [-0.3, -0.25) is 0 Å². The number of hydrogen-bond acceptors (Lipinski definition) is 3. The highest BCUT2D eigenvalue weighted by Gasteiger charge is 2.17. The van der Waals surface area contributed by atoms with Gasteiger partial charge >= 0.3 is 0 Å². The van der Waals surface area contributed by atoms with E-state index in [1.807, 2.05) is 6.07 Å². The highest BCUT2D eigenvalue weighted by atomic mass is 16.5. The molecule has 0 fully saturated rings. The van der Waals surface area contributed by atoms with Gasteiger partial charge in [-0.25, -0.2) is 4.98 Å².